The maximum absolute atomic E-state index is 11.6. The molecule has 1 aliphatic heterocycles. The Bertz CT molecular complexity index is 203. The molecule has 1 amide bonds. The van der Waals surface area contributed by atoms with Gasteiger partial charge in [0.25, 0.3) is 0 Å². The molecule has 0 bridgehead atoms. The van der Waals surface area contributed by atoms with Crippen LogP contribution in [0.3, 0.4) is 0 Å². The minimum Gasteiger partial charge on any atom is -0.384 e. The first kappa shape index (κ1) is 13.5. The molecule has 0 radical (unpaired) electrons. The number of hydrogen-bond donors (Lipinski definition) is 2. The second-order valence-electron chi connectivity index (χ2n) is 4.72. The van der Waals surface area contributed by atoms with Gasteiger partial charge in [0.15, 0.2) is 0 Å². The number of carbonyl (C=O) groups excluding carboxylic acids is 1. The number of piperidine rings is 1. The summed E-state index contributed by atoms with van der Waals surface area (Å²) in [4.78, 5) is 11.6. The molecule has 4 nitrogen and oxygen atoms in total. The summed E-state index contributed by atoms with van der Waals surface area (Å²) in [5, 5.41) is 6.40. The summed E-state index contributed by atoms with van der Waals surface area (Å²) < 4.78 is 5.01. The van der Waals surface area contributed by atoms with Gasteiger partial charge in [0, 0.05) is 32.7 Å². The lowest BCUT2D eigenvalue weighted by molar-refractivity contribution is -0.122. The van der Waals surface area contributed by atoms with Crippen LogP contribution in [0.25, 0.3) is 0 Å². The van der Waals surface area contributed by atoms with Gasteiger partial charge < -0.3 is 15.4 Å². The van der Waals surface area contributed by atoms with Gasteiger partial charge in [-0.25, -0.2) is 0 Å². The average molecular weight is 228 g/mol. The Morgan fingerprint density at radius 2 is 2.38 bits per heavy atom. The first-order valence-electron chi connectivity index (χ1n) is 6.21. The Labute approximate surface area is 98.1 Å². The SMILES string of the molecule is COCC(C)CC(=O)NCC1CCCCN1. The van der Waals surface area contributed by atoms with E-state index in [-0.39, 0.29) is 5.91 Å². The summed E-state index contributed by atoms with van der Waals surface area (Å²) in [5.74, 6) is 0.432. The van der Waals surface area contributed by atoms with Gasteiger partial charge in [0.1, 0.15) is 0 Å². The van der Waals surface area contributed by atoms with E-state index in [4.69, 9.17) is 4.74 Å². The number of hydrogen-bond acceptors (Lipinski definition) is 3. The van der Waals surface area contributed by atoms with Crippen molar-refractivity contribution in [3.8, 4) is 0 Å². The van der Waals surface area contributed by atoms with Crippen LogP contribution in [-0.2, 0) is 9.53 Å². The first-order valence-corrected chi connectivity index (χ1v) is 6.21. The van der Waals surface area contributed by atoms with Crippen LogP contribution in [-0.4, -0.2) is 38.8 Å². The van der Waals surface area contributed by atoms with Crippen LogP contribution in [0.1, 0.15) is 32.6 Å². The zero-order valence-electron chi connectivity index (χ0n) is 10.4. The number of rotatable bonds is 6. The van der Waals surface area contributed by atoms with Crippen molar-refractivity contribution in [2.75, 3.05) is 26.8 Å². The minimum absolute atomic E-state index is 0.136. The highest BCUT2D eigenvalue weighted by molar-refractivity contribution is 5.76. The molecule has 2 atom stereocenters. The number of ether oxygens (including phenoxy) is 1. The maximum Gasteiger partial charge on any atom is 0.220 e. The largest absolute Gasteiger partial charge is 0.384 e. The van der Waals surface area contributed by atoms with Crippen LogP contribution in [0, 0.1) is 5.92 Å². The second-order valence-corrected chi connectivity index (χ2v) is 4.72. The molecule has 0 aliphatic carbocycles. The molecular weight excluding hydrogens is 204 g/mol. The molecule has 0 aromatic carbocycles. The van der Waals surface area contributed by atoms with Crippen molar-refractivity contribution < 1.29 is 9.53 Å². The molecule has 4 heteroatoms. The van der Waals surface area contributed by atoms with E-state index >= 15 is 0 Å². The summed E-state index contributed by atoms with van der Waals surface area (Å²) in [6.45, 7) is 4.52. The van der Waals surface area contributed by atoms with E-state index in [0.717, 1.165) is 13.1 Å². The molecule has 0 spiro atoms. The van der Waals surface area contributed by atoms with Gasteiger partial charge in [-0.15, -0.1) is 0 Å². The molecule has 1 aliphatic rings. The Hall–Kier alpha value is -0.610. The van der Waals surface area contributed by atoms with Gasteiger partial charge in [-0.05, 0) is 25.3 Å². The van der Waals surface area contributed by atoms with Crippen molar-refractivity contribution >= 4 is 5.91 Å². The third kappa shape index (κ3) is 5.47. The molecule has 94 valence electrons. The predicted octanol–water partition coefficient (Wildman–Crippen LogP) is 0.917. The fraction of sp³-hybridized carbons (Fsp3) is 0.917. The van der Waals surface area contributed by atoms with Crippen LogP contribution < -0.4 is 10.6 Å². The van der Waals surface area contributed by atoms with Crippen LogP contribution >= 0.6 is 0 Å². The van der Waals surface area contributed by atoms with Crippen LogP contribution in [0.4, 0.5) is 0 Å². The average Bonchev–Trinajstić information content (AvgIpc) is 2.28. The van der Waals surface area contributed by atoms with Crippen LogP contribution in [0.2, 0.25) is 0 Å². The van der Waals surface area contributed by atoms with E-state index in [2.05, 4.69) is 10.6 Å². The number of carbonyl (C=O) groups is 1. The van der Waals surface area contributed by atoms with Crippen molar-refractivity contribution in [2.45, 2.75) is 38.6 Å². The Kier molecular flexibility index (Phi) is 6.42. The zero-order valence-corrected chi connectivity index (χ0v) is 10.4. The third-order valence-electron chi connectivity index (χ3n) is 2.94. The summed E-state index contributed by atoms with van der Waals surface area (Å²) in [7, 11) is 1.67. The predicted molar refractivity (Wildman–Crippen MR) is 64.3 cm³/mol. The summed E-state index contributed by atoms with van der Waals surface area (Å²) in [6.07, 6.45) is 4.26. The highest BCUT2D eigenvalue weighted by Gasteiger charge is 2.14. The standard InChI is InChI=1S/C12H24N2O2/c1-10(9-16-2)7-12(15)14-8-11-5-3-4-6-13-11/h10-11,13H,3-9H2,1-2H3,(H,14,15). The maximum atomic E-state index is 11.6. The summed E-state index contributed by atoms with van der Waals surface area (Å²) in [6, 6.07) is 0.468. The molecule has 1 fully saturated rings. The van der Waals surface area contributed by atoms with Crippen molar-refractivity contribution in [2.24, 2.45) is 5.92 Å². The van der Waals surface area contributed by atoms with E-state index in [9.17, 15) is 4.79 Å². The normalized spacial score (nSPS) is 22.8. The molecule has 0 aromatic rings. The molecular formula is C12H24N2O2. The van der Waals surface area contributed by atoms with Crippen molar-refractivity contribution in [1.82, 2.24) is 10.6 Å². The Balaban J connectivity index is 2.09. The minimum atomic E-state index is 0.136. The molecule has 0 aromatic heterocycles. The highest BCUT2D eigenvalue weighted by atomic mass is 16.5. The van der Waals surface area contributed by atoms with Gasteiger partial charge >= 0.3 is 0 Å². The van der Waals surface area contributed by atoms with Crippen LogP contribution in [0.15, 0.2) is 0 Å². The molecule has 16 heavy (non-hydrogen) atoms. The third-order valence-corrected chi connectivity index (χ3v) is 2.94. The van der Waals surface area contributed by atoms with Gasteiger partial charge in [-0.3, -0.25) is 4.79 Å². The molecule has 1 heterocycles. The van der Waals surface area contributed by atoms with Crippen LogP contribution in [0.5, 0.6) is 0 Å². The van der Waals surface area contributed by atoms with E-state index < -0.39 is 0 Å². The number of amides is 1. The molecule has 2 unspecified atom stereocenters. The van der Waals surface area contributed by atoms with Crippen molar-refractivity contribution in [1.29, 1.82) is 0 Å². The lowest BCUT2D eigenvalue weighted by Gasteiger charge is -2.23. The fourth-order valence-electron chi connectivity index (χ4n) is 2.07. The Morgan fingerprint density at radius 1 is 1.56 bits per heavy atom. The molecule has 1 rings (SSSR count). The number of nitrogens with one attached hydrogen (secondary N) is 2. The second kappa shape index (κ2) is 7.63. The molecule has 2 N–H and O–H groups in total. The van der Waals surface area contributed by atoms with E-state index in [1.54, 1.807) is 7.11 Å². The Morgan fingerprint density at radius 3 is 3.00 bits per heavy atom. The molecule has 0 saturated carbocycles. The van der Waals surface area contributed by atoms with E-state index in [1.807, 2.05) is 6.92 Å². The van der Waals surface area contributed by atoms with E-state index in [1.165, 1.54) is 19.3 Å². The first-order chi connectivity index (χ1) is 7.72. The smallest absolute Gasteiger partial charge is 0.220 e. The van der Waals surface area contributed by atoms with E-state index in [0.29, 0.717) is 25.0 Å². The quantitative estimate of drug-likeness (QED) is 0.710. The van der Waals surface area contributed by atoms with Gasteiger partial charge in [-0.1, -0.05) is 13.3 Å². The van der Waals surface area contributed by atoms with Crippen molar-refractivity contribution in [3.05, 3.63) is 0 Å². The summed E-state index contributed by atoms with van der Waals surface area (Å²) in [5.41, 5.74) is 0. The number of methoxy groups -OCH3 is 1. The molecule has 1 saturated heterocycles. The van der Waals surface area contributed by atoms with Gasteiger partial charge in [0.2, 0.25) is 5.91 Å². The topological polar surface area (TPSA) is 50.4 Å². The van der Waals surface area contributed by atoms with Crippen molar-refractivity contribution in [3.63, 3.8) is 0 Å². The zero-order chi connectivity index (χ0) is 11.8. The monoisotopic (exact) mass is 228 g/mol. The van der Waals surface area contributed by atoms with Gasteiger partial charge in [0.05, 0.1) is 0 Å². The fourth-order valence-corrected chi connectivity index (χ4v) is 2.07. The summed E-state index contributed by atoms with van der Waals surface area (Å²) >= 11 is 0. The highest BCUT2D eigenvalue weighted by Crippen LogP contribution is 2.06. The lowest BCUT2D eigenvalue weighted by Crippen LogP contribution is -2.43. The lowest BCUT2D eigenvalue weighted by atomic mass is 10.0. The van der Waals surface area contributed by atoms with Gasteiger partial charge in [-0.2, -0.15) is 0 Å².